The number of halogens is 4. The molecule has 1 amide bonds. The van der Waals surface area contributed by atoms with E-state index in [-0.39, 0.29) is 29.5 Å². The first-order chi connectivity index (χ1) is 7.99. The Hall–Kier alpha value is -1.04. The first-order valence-corrected chi connectivity index (χ1v) is 5.86. The predicted molar refractivity (Wildman–Crippen MR) is 59.5 cm³/mol. The first kappa shape index (κ1) is 12.4. The highest BCUT2D eigenvalue weighted by atomic mass is 79.9. The molecule has 1 aliphatic heterocycles. The molecule has 1 aromatic carbocycles. The standard InChI is InChI=1S/C11H9BrF3NO/c12-8-3-7(9(14)4-10(8)15)11(17)16-2-1-6(13)5-16/h3-4,6H,1-2,5H2. The largest absolute Gasteiger partial charge is 0.336 e. The number of hydrogen-bond donors (Lipinski definition) is 0. The van der Waals surface area contributed by atoms with Crippen LogP contribution in [-0.4, -0.2) is 30.1 Å². The predicted octanol–water partition coefficient (Wildman–Crippen LogP) is 2.91. The molecule has 1 atom stereocenters. The van der Waals surface area contributed by atoms with Gasteiger partial charge in [-0.15, -0.1) is 0 Å². The Morgan fingerprint density at radius 2 is 2.06 bits per heavy atom. The molecular weight excluding hydrogens is 299 g/mol. The van der Waals surface area contributed by atoms with Crippen molar-refractivity contribution in [1.29, 1.82) is 0 Å². The monoisotopic (exact) mass is 307 g/mol. The lowest BCUT2D eigenvalue weighted by atomic mass is 10.2. The molecule has 2 nitrogen and oxygen atoms in total. The molecule has 0 N–H and O–H groups in total. The average molecular weight is 308 g/mol. The van der Waals surface area contributed by atoms with Gasteiger partial charge >= 0.3 is 0 Å². The van der Waals surface area contributed by atoms with Crippen molar-refractivity contribution in [3.63, 3.8) is 0 Å². The quantitative estimate of drug-likeness (QED) is 0.731. The Morgan fingerprint density at radius 1 is 1.35 bits per heavy atom. The van der Waals surface area contributed by atoms with Crippen LogP contribution in [0.5, 0.6) is 0 Å². The van der Waals surface area contributed by atoms with Gasteiger partial charge in [0.2, 0.25) is 0 Å². The number of carbonyl (C=O) groups is 1. The number of rotatable bonds is 1. The number of benzene rings is 1. The topological polar surface area (TPSA) is 20.3 Å². The maximum Gasteiger partial charge on any atom is 0.256 e. The van der Waals surface area contributed by atoms with E-state index in [1.165, 1.54) is 4.90 Å². The van der Waals surface area contributed by atoms with E-state index in [4.69, 9.17) is 0 Å². The zero-order valence-electron chi connectivity index (χ0n) is 8.72. The Balaban J connectivity index is 2.28. The van der Waals surface area contributed by atoms with E-state index in [2.05, 4.69) is 15.9 Å². The van der Waals surface area contributed by atoms with Crippen molar-refractivity contribution >= 4 is 21.8 Å². The van der Waals surface area contributed by atoms with Gasteiger partial charge in [0, 0.05) is 12.6 Å². The van der Waals surface area contributed by atoms with Crippen molar-refractivity contribution in [2.45, 2.75) is 12.6 Å². The summed E-state index contributed by atoms with van der Waals surface area (Å²) in [5.74, 6) is -2.31. The van der Waals surface area contributed by atoms with Crippen LogP contribution in [0.25, 0.3) is 0 Å². The number of hydrogen-bond acceptors (Lipinski definition) is 1. The molecule has 0 aliphatic carbocycles. The molecule has 1 saturated heterocycles. The van der Waals surface area contributed by atoms with E-state index in [1.807, 2.05) is 0 Å². The Labute approximate surface area is 105 Å². The minimum Gasteiger partial charge on any atom is -0.336 e. The molecule has 1 heterocycles. The molecular formula is C11H9BrF3NO. The van der Waals surface area contributed by atoms with Gasteiger partial charge in [0.15, 0.2) is 0 Å². The third-order valence-corrected chi connectivity index (χ3v) is 3.27. The second-order valence-corrected chi connectivity index (χ2v) is 4.74. The molecule has 6 heteroatoms. The van der Waals surface area contributed by atoms with Crippen LogP contribution in [-0.2, 0) is 0 Å². The number of amides is 1. The Morgan fingerprint density at radius 3 is 2.65 bits per heavy atom. The summed E-state index contributed by atoms with van der Waals surface area (Å²) in [7, 11) is 0. The zero-order chi connectivity index (χ0) is 12.6. The number of likely N-dealkylation sites (tertiary alicyclic amines) is 1. The molecule has 1 aromatic rings. The third kappa shape index (κ3) is 2.46. The average Bonchev–Trinajstić information content (AvgIpc) is 2.69. The molecule has 0 bridgehead atoms. The smallest absolute Gasteiger partial charge is 0.256 e. The van der Waals surface area contributed by atoms with Crippen molar-refractivity contribution in [2.24, 2.45) is 0 Å². The van der Waals surface area contributed by atoms with Crippen LogP contribution in [0.2, 0.25) is 0 Å². The van der Waals surface area contributed by atoms with Crippen molar-refractivity contribution in [3.05, 3.63) is 33.8 Å². The van der Waals surface area contributed by atoms with Crippen LogP contribution < -0.4 is 0 Å². The van der Waals surface area contributed by atoms with Crippen molar-refractivity contribution in [2.75, 3.05) is 13.1 Å². The van der Waals surface area contributed by atoms with Crippen LogP contribution in [0.1, 0.15) is 16.8 Å². The summed E-state index contributed by atoms with van der Waals surface area (Å²) < 4.78 is 39.4. The van der Waals surface area contributed by atoms with E-state index < -0.39 is 23.7 Å². The molecule has 0 aromatic heterocycles. The highest BCUT2D eigenvalue weighted by molar-refractivity contribution is 9.10. The fourth-order valence-electron chi connectivity index (χ4n) is 1.76. The lowest BCUT2D eigenvalue weighted by molar-refractivity contribution is 0.0778. The summed E-state index contributed by atoms with van der Waals surface area (Å²) in [6.07, 6.45) is -0.804. The van der Waals surface area contributed by atoms with Crippen LogP contribution in [0.4, 0.5) is 13.2 Å². The summed E-state index contributed by atoms with van der Waals surface area (Å²) in [4.78, 5) is 13.1. The highest BCUT2D eigenvalue weighted by Gasteiger charge is 2.28. The summed E-state index contributed by atoms with van der Waals surface area (Å²) >= 11 is 2.88. The summed E-state index contributed by atoms with van der Waals surface area (Å²) in [6.45, 7) is 0.224. The minimum atomic E-state index is -1.06. The molecule has 0 spiro atoms. The number of nitrogens with zero attached hydrogens (tertiary/aromatic N) is 1. The Bertz CT molecular complexity index is 466. The normalized spacial score (nSPS) is 19.8. The van der Waals surface area contributed by atoms with E-state index in [0.29, 0.717) is 6.07 Å². The molecule has 92 valence electrons. The lowest BCUT2D eigenvalue weighted by Crippen LogP contribution is -2.29. The van der Waals surface area contributed by atoms with Gasteiger partial charge in [-0.1, -0.05) is 0 Å². The Kier molecular flexibility index (Phi) is 3.42. The molecule has 0 radical (unpaired) electrons. The molecule has 2 rings (SSSR count). The second kappa shape index (κ2) is 4.68. The number of carbonyl (C=O) groups excluding carboxylic acids is 1. The van der Waals surface area contributed by atoms with Gasteiger partial charge in [0.1, 0.15) is 17.8 Å². The van der Waals surface area contributed by atoms with Gasteiger partial charge < -0.3 is 4.90 Å². The summed E-state index contributed by atoms with van der Waals surface area (Å²) in [6, 6.07) is 1.72. The maximum atomic E-state index is 13.4. The van der Waals surface area contributed by atoms with Gasteiger partial charge in [-0.25, -0.2) is 13.2 Å². The van der Waals surface area contributed by atoms with Gasteiger partial charge in [-0.2, -0.15) is 0 Å². The van der Waals surface area contributed by atoms with E-state index in [0.717, 1.165) is 6.07 Å². The van der Waals surface area contributed by atoms with E-state index >= 15 is 0 Å². The minimum absolute atomic E-state index is 0.0123. The highest BCUT2D eigenvalue weighted by Crippen LogP contribution is 2.23. The molecule has 1 aliphatic rings. The van der Waals surface area contributed by atoms with E-state index in [9.17, 15) is 18.0 Å². The third-order valence-electron chi connectivity index (χ3n) is 2.66. The van der Waals surface area contributed by atoms with Crippen LogP contribution >= 0.6 is 15.9 Å². The SMILES string of the molecule is O=C(c1cc(Br)c(F)cc1F)N1CCC(F)C1. The van der Waals surface area contributed by atoms with Gasteiger partial charge in [-0.05, 0) is 28.4 Å². The summed E-state index contributed by atoms with van der Waals surface area (Å²) in [5.41, 5.74) is -0.243. The van der Waals surface area contributed by atoms with E-state index in [1.54, 1.807) is 0 Å². The first-order valence-electron chi connectivity index (χ1n) is 5.07. The molecule has 0 saturated carbocycles. The molecule has 17 heavy (non-hydrogen) atoms. The van der Waals surface area contributed by atoms with Gasteiger partial charge in [-0.3, -0.25) is 4.79 Å². The fourth-order valence-corrected chi connectivity index (χ4v) is 2.10. The van der Waals surface area contributed by atoms with Crippen LogP contribution in [0, 0.1) is 11.6 Å². The van der Waals surface area contributed by atoms with Crippen molar-refractivity contribution < 1.29 is 18.0 Å². The summed E-state index contributed by atoms with van der Waals surface area (Å²) in [5, 5.41) is 0. The van der Waals surface area contributed by atoms with Crippen LogP contribution in [0.15, 0.2) is 16.6 Å². The number of alkyl halides is 1. The molecule has 1 unspecified atom stereocenters. The van der Waals surface area contributed by atoms with Gasteiger partial charge in [0.05, 0.1) is 16.6 Å². The van der Waals surface area contributed by atoms with Crippen LogP contribution in [0.3, 0.4) is 0 Å². The zero-order valence-corrected chi connectivity index (χ0v) is 10.3. The maximum absolute atomic E-state index is 13.4. The van der Waals surface area contributed by atoms with Crippen molar-refractivity contribution in [3.8, 4) is 0 Å². The lowest BCUT2D eigenvalue weighted by Gasteiger charge is -2.15. The van der Waals surface area contributed by atoms with Gasteiger partial charge in [0.25, 0.3) is 5.91 Å². The second-order valence-electron chi connectivity index (χ2n) is 3.88. The molecule has 1 fully saturated rings. The fraction of sp³-hybridized carbons (Fsp3) is 0.364. The van der Waals surface area contributed by atoms with Crippen molar-refractivity contribution in [1.82, 2.24) is 4.90 Å².